The largest absolute Gasteiger partial charge is 0.345 e. The summed E-state index contributed by atoms with van der Waals surface area (Å²) in [5.41, 5.74) is 1.91. The molecule has 0 aliphatic heterocycles. The molecular weight excluding hydrogens is 278 g/mol. The number of hydrogen-bond donors (Lipinski definition) is 0. The fourth-order valence-electron chi connectivity index (χ4n) is 2.40. The molecule has 1 amide bonds. The summed E-state index contributed by atoms with van der Waals surface area (Å²) in [7, 11) is 7.32. The highest BCUT2D eigenvalue weighted by Gasteiger charge is 2.17. The molecular formula is C17H23N3O2. The van der Waals surface area contributed by atoms with Gasteiger partial charge in [-0.15, -0.1) is 0 Å². The molecule has 0 radical (unpaired) electrons. The Morgan fingerprint density at radius 1 is 1.18 bits per heavy atom. The molecule has 0 fully saturated rings. The van der Waals surface area contributed by atoms with Crippen LogP contribution in [0.4, 0.5) is 0 Å². The third-order valence-corrected chi connectivity index (χ3v) is 3.66. The van der Waals surface area contributed by atoms with Crippen molar-refractivity contribution in [3.8, 4) is 0 Å². The highest BCUT2D eigenvalue weighted by molar-refractivity contribution is 5.97. The third kappa shape index (κ3) is 3.20. The Balaban J connectivity index is 2.69. The quantitative estimate of drug-likeness (QED) is 0.861. The average molecular weight is 301 g/mol. The average Bonchev–Trinajstić information content (AvgIpc) is 2.46. The molecule has 0 spiro atoms. The van der Waals surface area contributed by atoms with Gasteiger partial charge < -0.3 is 14.4 Å². The number of carbonyl (C=O) groups is 1. The smallest absolute Gasteiger partial charge is 0.258 e. The van der Waals surface area contributed by atoms with Crippen LogP contribution in [-0.4, -0.2) is 55.0 Å². The lowest BCUT2D eigenvalue weighted by molar-refractivity contribution is 0.0825. The first-order valence-electron chi connectivity index (χ1n) is 7.31. The summed E-state index contributed by atoms with van der Waals surface area (Å²) in [5, 5.41) is 0.603. The van der Waals surface area contributed by atoms with Gasteiger partial charge in [-0.05, 0) is 33.2 Å². The number of rotatable bonds is 4. The molecule has 22 heavy (non-hydrogen) atoms. The van der Waals surface area contributed by atoms with E-state index in [1.165, 1.54) is 4.90 Å². The molecule has 1 aromatic heterocycles. The number of nitrogens with zero attached hydrogens (tertiary/aromatic N) is 3. The van der Waals surface area contributed by atoms with Gasteiger partial charge >= 0.3 is 0 Å². The standard InChI is InChI=1S/C17H23N3O2/c1-12-6-7-15-13(10-12)16(21)14(17(22)19(4)5)11-20(15)9-8-18(2)3/h6-7,10-11H,8-9H2,1-5H3. The number of amides is 1. The lowest BCUT2D eigenvalue weighted by Crippen LogP contribution is -2.29. The van der Waals surface area contributed by atoms with Gasteiger partial charge in [0.2, 0.25) is 5.43 Å². The Morgan fingerprint density at radius 2 is 1.86 bits per heavy atom. The van der Waals surface area contributed by atoms with Gasteiger partial charge in [0.25, 0.3) is 5.91 Å². The Bertz CT molecular complexity index is 760. The van der Waals surface area contributed by atoms with Crippen LogP contribution >= 0.6 is 0 Å². The third-order valence-electron chi connectivity index (χ3n) is 3.66. The van der Waals surface area contributed by atoms with E-state index in [1.807, 2.05) is 43.8 Å². The summed E-state index contributed by atoms with van der Waals surface area (Å²) in [4.78, 5) is 28.4. The molecule has 1 heterocycles. The highest BCUT2D eigenvalue weighted by atomic mass is 16.2. The Labute approximate surface area is 130 Å². The molecule has 2 aromatic rings. The number of carbonyl (C=O) groups excluding carboxylic acids is 1. The molecule has 0 saturated carbocycles. The van der Waals surface area contributed by atoms with Crippen LogP contribution in [0.1, 0.15) is 15.9 Å². The number of pyridine rings is 1. The minimum atomic E-state index is -0.257. The van der Waals surface area contributed by atoms with E-state index in [0.717, 1.165) is 24.2 Å². The minimum Gasteiger partial charge on any atom is -0.345 e. The summed E-state index contributed by atoms with van der Waals surface area (Å²) in [6.45, 7) is 3.51. The van der Waals surface area contributed by atoms with Crippen molar-refractivity contribution in [2.75, 3.05) is 34.7 Å². The van der Waals surface area contributed by atoms with Gasteiger partial charge in [-0.2, -0.15) is 0 Å². The van der Waals surface area contributed by atoms with Crippen molar-refractivity contribution in [2.45, 2.75) is 13.5 Å². The first-order chi connectivity index (χ1) is 10.3. The van der Waals surface area contributed by atoms with E-state index >= 15 is 0 Å². The molecule has 0 aliphatic rings. The fourth-order valence-corrected chi connectivity index (χ4v) is 2.40. The van der Waals surface area contributed by atoms with Crippen LogP contribution in [0.15, 0.2) is 29.2 Å². The van der Waals surface area contributed by atoms with E-state index in [4.69, 9.17) is 0 Å². The Morgan fingerprint density at radius 3 is 2.45 bits per heavy atom. The van der Waals surface area contributed by atoms with Gasteiger partial charge in [0.05, 0.1) is 5.52 Å². The monoisotopic (exact) mass is 301 g/mol. The van der Waals surface area contributed by atoms with Crippen LogP contribution in [0.2, 0.25) is 0 Å². The maximum Gasteiger partial charge on any atom is 0.258 e. The van der Waals surface area contributed by atoms with E-state index < -0.39 is 0 Å². The molecule has 0 bridgehead atoms. The lowest BCUT2D eigenvalue weighted by Gasteiger charge is -2.17. The van der Waals surface area contributed by atoms with Crippen LogP contribution in [0.3, 0.4) is 0 Å². The van der Waals surface area contributed by atoms with E-state index in [2.05, 4.69) is 4.90 Å². The molecule has 2 rings (SSSR count). The van der Waals surface area contributed by atoms with Gasteiger partial charge in [-0.1, -0.05) is 11.6 Å². The number of aryl methyl sites for hydroxylation is 1. The molecule has 5 nitrogen and oxygen atoms in total. The predicted octanol–water partition coefficient (Wildman–Crippen LogP) is 1.57. The van der Waals surface area contributed by atoms with E-state index in [0.29, 0.717) is 5.39 Å². The van der Waals surface area contributed by atoms with Crippen LogP contribution in [-0.2, 0) is 6.54 Å². The van der Waals surface area contributed by atoms with Crippen LogP contribution in [0.5, 0.6) is 0 Å². The number of hydrogen-bond acceptors (Lipinski definition) is 3. The zero-order chi connectivity index (χ0) is 16.4. The summed E-state index contributed by atoms with van der Waals surface area (Å²) < 4.78 is 1.99. The van der Waals surface area contributed by atoms with Crippen LogP contribution in [0.25, 0.3) is 10.9 Å². The van der Waals surface area contributed by atoms with Crippen molar-refractivity contribution in [1.82, 2.24) is 14.4 Å². The van der Waals surface area contributed by atoms with Crippen LogP contribution in [0, 0.1) is 6.92 Å². The molecule has 0 atom stereocenters. The van der Waals surface area contributed by atoms with Gasteiger partial charge in [-0.3, -0.25) is 9.59 Å². The molecule has 0 N–H and O–H groups in total. The second-order valence-corrected chi connectivity index (χ2v) is 6.09. The van der Waals surface area contributed by atoms with Gasteiger partial charge in [0.15, 0.2) is 0 Å². The predicted molar refractivity (Wildman–Crippen MR) is 89.5 cm³/mol. The van der Waals surface area contributed by atoms with Crippen molar-refractivity contribution in [3.63, 3.8) is 0 Å². The summed E-state index contributed by atoms with van der Waals surface area (Å²) >= 11 is 0. The molecule has 1 aromatic carbocycles. The van der Waals surface area contributed by atoms with E-state index in [9.17, 15) is 9.59 Å². The maximum atomic E-state index is 12.6. The Kier molecular flexibility index (Phi) is 4.66. The zero-order valence-electron chi connectivity index (χ0n) is 13.9. The van der Waals surface area contributed by atoms with Crippen molar-refractivity contribution in [2.24, 2.45) is 0 Å². The van der Waals surface area contributed by atoms with Crippen molar-refractivity contribution in [3.05, 3.63) is 45.7 Å². The first kappa shape index (κ1) is 16.2. The SMILES string of the molecule is Cc1ccc2c(c1)c(=O)c(C(=O)N(C)C)cn2CCN(C)C. The van der Waals surface area contributed by atoms with E-state index in [-0.39, 0.29) is 16.9 Å². The second kappa shape index (κ2) is 6.32. The van der Waals surface area contributed by atoms with Gasteiger partial charge in [0, 0.05) is 38.8 Å². The summed E-state index contributed by atoms with van der Waals surface area (Å²) in [5.74, 6) is -0.257. The topological polar surface area (TPSA) is 45.6 Å². The molecule has 118 valence electrons. The molecule has 5 heteroatoms. The maximum absolute atomic E-state index is 12.6. The number of fused-ring (bicyclic) bond motifs is 1. The number of likely N-dealkylation sites (N-methyl/N-ethyl adjacent to an activating group) is 1. The minimum absolute atomic E-state index is 0.196. The first-order valence-corrected chi connectivity index (χ1v) is 7.31. The molecule has 0 unspecified atom stereocenters. The van der Waals surface area contributed by atoms with Gasteiger partial charge in [0.1, 0.15) is 5.56 Å². The normalized spacial score (nSPS) is 11.2. The number of aromatic nitrogens is 1. The Hall–Kier alpha value is -2.14. The number of benzene rings is 1. The summed E-state index contributed by atoms with van der Waals surface area (Å²) in [6.07, 6.45) is 1.69. The second-order valence-electron chi connectivity index (χ2n) is 6.09. The lowest BCUT2D eigenvalue weighted by atomic mass is 10.1. The highest BCUT2D eigenvalue weighted by Crippen LogP contribution is 2.15. The van der Waals surface area contributed by atoms with Gasteiger partial charge in [-0.25, -0.2) is 0 Å². The van der Waals surface area contributed by atoms with Crippen molar-refractivity contribution in [1.29, 1.82) is 0 Å². The van der Waals surface area contributed by atoms with Crippen LogP contribution < -0.4 is 5.43 Å². The fraction of sp³-hybridized carbons (Fsp3) is 0.412. The van der Waals surface area contributed by atoms with Crippen molar-refractivity contribution >= 4 is 16.8 Å². The van der Waals surface area contributed by atoms with Crippen molar-refractivity contribution < 1.29 is 4.79 Å². The zero-order valence-corrected chi connectivity index (χ0v) is 13.9. The summed E-state index contributed by atoms with van der Waals surface area (Å²) in [6, 6.07) is 5.79. The molecule has 0 aliphatic carbocycles. The van der Waals surface area contributed by atoms with E-state index in [1.54, 1.807) is 20.3 Å². The molecule has 0 saturated heterocycles.